The van der Waals surface area contributed by atoms with Crippen molar-refractivity contribution >= 4 is 11.9 Å². The lowest BCUT2D eigenvalue weighted by atomic mass is 9.94. The fraction of sp³-hybridized carbons (Fsp3) is 0.588. The zero-order chi connectivity index (χ0) is 29.2. The second-order valence-electron chi connectivity index (χ2n) is 11.2. The first-order chi connectivity index (χ1) is 18.5. The lowest BCUT2D eigenvalue weighted by molar-refractivity contribution is -0.151. The molecule has 218 valence electrons. The zero-order valence-corrected chi connectivity index (χ0v) is 25.3. The number of hydrogen-bond donors (Lipinski definition) is 1. The molecule has 5 nitrogen and oxygen atoms in total. The van der Waals surface area contributed by atoms with Gasteiger partial charge in [0.1, 0.15) is 12.2 Å². The maximum Gasteiger partial charge on any atom is 0.331 e. The van der Waals surface area contributed by atoms with E-state index in [1.165, 1.54) is 6.08 Å². The van der Waals surface area contributed by atoms with Crippen molar-refractivity contribution in [2.45, 2.75) is 118 Å². The van der Waals surface area contributed by atoms with Crippen LogP contribution in [0, 0.1) is 11.8 Å². The van der Waals surface area contributed by atoms with Crippen molar-refractivity contribution in [2.75, 3.05) is 0 Å². The lowest BCUT2D eigenvalue weighted by Crippen LogP contribution is -2.26. The predicted octanol–water partition coefficient (Wildman–Crippen LogP) is 8.12. The third kappa shape index (κ3) is 16.1. The molecule has 0 spiro atoms. The number of hydrogen-bond acceptors (Lipinski definition) is 5. The Balaban J connectivity index is 2.70. The van der Waals surface area contributed by atoms with Gasteiger partial charge in [0, 0.05) is 18.9 Å². The second kappa shape index (κ2) is 19.4. The van der Waals surface area contributed by atoms with Crippen molar-refractivity contribution < 1.29 is 24.2 Å². The van der Waals surface area contributed by atoms with Crippen molar-refractivity contribution in [2.24, 2.45) is 11.8 Å². The molecule has 0 aromatic heterocycles. The SMILES string of the molecule is CCC[C@H](O)C/C=C(C)/C=C/C=C(C)/C=C(C)/C=C/C(=O)O[C@H]1CCCC(=O)O[C@@H](C(C)C)C/C=C\C[C@@H]1C. The van der Waals surface area contributed by atoms with Gasteiger partial charge in [-0.2, -0.15) is 0 Å². The molecule has 39 heavy (non-hydrogen) atoms. The Labute approximate surface area is 237 Å². The van der Waals surface area contributed by atoms with Crippen LogP contribution in [0.2, 0.25) is 0 Å². The Morgan fingerprint density at radius 1 is 1.10 bits per heavy atom. The highest BCUT2D eigenvalue weighted by molar-refractivity contribution is 5.82. The summed E-state index contributed by atoms with van der Waals surface area (Å²) < 4.78 is 11.5. The first-order valence-corrected chi connectivity index (χ1v) is 14.6. The van der Waals surface area contributed by atoms with Gasteiger partial charge in [0.2, 0.25) is 0 Å². The van der Waals surface area contributed by atoms with Crippen molar-refractivity contribution in [3.63, 3.8) is 0 Å². The van der Waals surface area contributed by atoms with E-state index in [9.17, 15) is 14.7 Å². The number of esters is 2. The first kappa shape index (κ1) is 34.4. The average molecular weight is 541 g/mol. The van der Waals surface area contributed by atoms with Crippen LogP contribution in [-0.2, 0) is 19.1 Å². The minimum Gasteiger partial charge on any atom is -0.462 e. The summed E-state index contributed by atoms with van der Waals surface area (Å²) in [6.45, 7) is 14.3. The van der Waals surface area contributed by atoms with E-state index in [0.717, 1.165) is 36.0 Å². The van der Waals surface area contributed by atoms with Crippen LogP contribution in [0.15, 0.2) is 71.4 Å². The molecule has 0 radical (unpaired) electrons. The molecule has 0 unspecified atom stereocenters. The number of allylic oxidation sites excluding steroid dienone is 9. The first-order valence-electron chi connectivity index (χ1n) is 14.6. The molecule has 0 saturated carbocycles. The topological polar surface area (TPSA) is 72.8 Å². The Kier molecular flexibility index (Phi) is 17.1. The van der Waals surface area contributed by atoms with Crippen LogP contribution in [0.4, 0.5) is 0 Å². The Morgan fingerprint density at radius 3 is 2.51 bits per heavy atom. The third-order valence-corrected chi connectivity index (χ3v) is 6.83. The second-order valence-corrected chi connectivity index (χ2v) is 11.2. The van der Waals surface area contributed by atoms with Crippen LogP contribution in [0.3, 0.4) is 0 Å². The summed E-state index contributed by atoms with van der Waals surface area (Å²) in [6.07, 6.45) is 22.5. The summed E-state index contributed by atoms with van der Waals surface area (Å²) in [6, 6.07) is 0. The van der Waals surface area contributed by atoms with Crippen LogP contribution in [0.25, 0.3) is 0 Å². The number of carbonyl (C=O) groups excluding carboxylic acids is 2. The van der Waals surface area contributed by atoms with Crippen molar-refractivity contribution in [1.29, 1.82) is 0 Å². The van der Waals surface area contributed by atoms with E-state index >= 15 is 0 Å². The van der Waals surface area contributed by atoms with E-state index < -0.39 is 0 Å². The van der Waals surface area contributed by atoms with Gasteiger partial charge >= 0.3 is 11.9 Å². The summed E-state index contributed by atoms with van der Waals surface area (Å²) in [5.41, 5.74) is 3.12. The fourth-order valence-electron chi connectivity index (χ4n) is 4.32. The molecule has 1 aliphatic rings. The van der Waals surface area contributed by atoms with Gasteiger partial charge in [0.15, 0.2) is 0 Å². The van der Waals surface area contributed by atoms with Gasteiger partial charge in [-0.15, -0.1) is 0 Å². The van der Waals surface area contributed by atoms with Gasteiger partial charge in [-0.05, 0) is 64.7 Å². The smallest absolute Gasteiger partial charge is 0.331 e. The number of ether oxygens (including phenoxy) is 2. The maximum atomic E-state index is 12.6. The average Bonchev–Trinajstić information content (AvgIpc) is 2.86. The molecule has 0 bridgehead atoms. The summed E-state index contributed by atoms with van der Waals surface area (Å²) in [7, 11) is 0. The molecule has 1 rings (SSSR count). The van der Waals surface area contributed by atoms with E-state index in [4.69, 9.17) is 9.47 Å². The van der Waals surface area contributed by atoms with Crippen molar-refractivity contribution in [3.8, 4) is 0 Å². The molecular formula is C34H52O5. The maximum absolute atomic E-state index is 12.6. The molecule has 0 aliphatic carbocycles. The molecule has 0 aromatic rings. The van der Waals surface area contributed by atoms with Gasteiger partial charge in [0.05, 0.1) is 6.10 Å². The largest absolute Gasteiger partial charge is 0.462 e. The molecule has 0 aromatic carbocycles. The van der Waals surface area contributed by atoms with Crippen LogP contribution in [0.5, 0.6) is 0 Å². The molecule has 0 fully saturated rings. The van der Waals surface area contributed by atoms with Crippen LogP contribution >= 0.6 is 0 Å². The molecular weight excluding hydrogens is 488 g/mol. The highest BCUT2D eigenvalue weighted by Gasteiger charge is 2.23. The van der Waals surface area contributed by atoms with Gasteiger partial charge in [0.25, 0.3) is 0 Å². The molecule has 1 N–H and O–H groups in total. The molecule has 4 atom stereocenters. The number of aliphatic hydroxyl groups excluding tert-OH is 1. The molecule has 0 amide bonds. The normalized spacial score (nSPS) is 24.4. The van der Waals surface area contributed by atoms with Crippen molar-refractivity contribution in [1.82, 2.24) is 0 Å². The van der Waals surface area contributed by atoms with E-state index in [2.05, 4.69) is 45.9 Å². The van der Waals surface area contributed by atoms with Gasteiger partial charge in [-0.25, -0.2) is 4.79 Å². The molecule has 1 heterocycles. The fourth-order valence-corrected chi connectivity index (χ4v) is 4.32. The van der Waals surface area contributed by atoms with E-state index in [1.54, 1.807) is 6.08 Å². The van der Waals surface area contributed by atoms with Crippen LogP contribution in [0.1, 0.15) is 99.8 Å². The predicted molar refractivity (Wildman–Crippen MR) is 161 cm³/mol. The summed E-state index contributed by atoms with van der Waals surface area (Å²) in [5, 5.41) is 9.86. The van der Waals surface area contributed by atoms with Crippen LogP contribution in [-0.4, -0.2) is 35.4 Å². The van der Waals surface area contributed by atoms with Gasteiger partial charge in [-0.1, -0.05) is 99.4 Å². The zero-order valence-electron chi connectivity index (χ0n) is 25.3. The van der Waals surface area contributed by atoms with Crippen molar-refractivity contribution in [3.05, 3.63) is 71.4 Å². The minimum atomic E-state index is -0.370. The highest BCUT2D eigenvalue weighted by Crippen LogP contribution is 2.22. The number of rotatable bonds is 11. The molecule has 5 heteroatoms. The number of aliphatic hydroxyl groups is 1. The number of carbonyl (C=O) groups is 2. The van der Waals surface area contributed by atoms with E-state index in [-0.39, 0.29) is 42.1 Å². The van der Waals surface area contributed by atoms with Crippen LogP contribution < -0.4 is 0 Å². The Morgan fingerprint density at radius 2 is 1.82 bits per heavy atom. The third-order valence-electron chi connectivity index (χ3n) is 6.83. The Bertz CT molecular complexity index is 931. The summed E-state index contributed by atoms with van der Waals surface area (Å²) in [4.78, 5) is 24.9. The summed E-state index contributed by atoms with van der Waals surface area (Å²) in [5.74, 6) is -0.121. The quantitative estimate of drug-likeness (QED) is 0.124. The molecule has 1 aliphatic heterocycles. The standard InChI is InChI=1S/C34H52O5/c1-8-13-30(35)22-20-26(4)14-11-15-27(5)24-28(6)21-23-34(37)39-32-18-12-19-33(36)38-31(25(2)3)17-10-9-16-29(32)7/h9-11,14-15,20-21,23-25,29-32,35H,8,12-13,16-19,22H2,1-7H3/b10-9-,14-11+,23-21+,26-20+,27-15+,28-24+/t29-,30-,31+,32-/m0/s1. The number of cyclic esters (lactones) is 1. The minimum absolute atomic E-state index is 0.0932. The van der Waals surface area contributed by atoms with Gasteiger partial charge < -0.3 is 14.6 Å². The summed E-state index contributed by atoms with van der Waals surface area (Å²) >= 11 is 0. The van der Waals surface area contributed by atoms with E-state index in [1.807, 2.05) is 45.1 Å². The highest BCUT2D eigenvalue weighted by atomic mass is 16.5. The monoisotopic (exact) mass is 540 g/mol. The molecule has 0 saturated heterocycles. The lowest BCUT2D eigenvalue weighted by Gasteiger charge is -2.24. The van der Waals surface area contributed by atoms with Gasteiger partial charge in [-0.3, -0.25) is 4.79 Å². The Hall–Kier alpha value is -2.66. The van der Waals surface area contributed by atoms with E-state index in [0.29, 0.717) is 32.1 Å².